The van der Waals surface area contributed by atoms with Crippen LogP contribution in [-0.2, 0) is 15.1 Å². The number of H-pyrrole nitrogens is 1. The third-order valence-electron chi connectivity index (χ3n) is 4.14. The number of carboxylic acids is 1. The minimum absolute atomic E-state index is 0.000284. The minimum Gasteiger partial charge on any atom is -0.477 e. The Morgan fingerprint density at radius 1 is 1.43 bits per heavy atom. The number of rotatable bonds is 4. The molecule has 8 heteroatoms. The van der Waals surface area contributed by atoms with Crippen molar-refractivity contribution in [3.8, 4) is 0 Å². The number of aromatic carboxylic acids is 1. The van der Waals surface area contributed by atoms with Crippen molar-refractivity contribution in [1.29, 1.82) is 0 Å². The number of carbonyl (C=O) groups is 3. The van der Waals surface area contributed by atoms with Crippen LogP contribution in [0.2, 0.25) is 0 Å². The molecule has 0 aromatic carbocycles. The molecule has 0 spiro atoms. The second kappa shape index (κ2) is 4.87. The minimum atomic E-state index is -1.09. The second-order valence-corrected chi connectivity index (χ2v) is 5.53. The molecular weight excluding hydrogens is 276 g/mol. The molecule has 2 amide bonds. The van der Waals surface area contributed by atoms with Gasteiger partial charge >= 0.3 is 5.97 Å². The zero-order valence-electron chi connectivity index (χ0n) is 11.3. The fourth-order valence-corrected chi connectivity index (χ4v) is 2.76. The lowest BCUT2D eigenvalue weighted by Crippen LogP contribution is -2.55. The van der Waals surface area contributed by atoms with Crippen molar-refractivity contribution in [3.05, 3.63) is 17.7 Å². The average Bonchev–Trinajstić information content (AvgIpc) is 3.02. The monoisotopic (exact) mass is 292 g/mol. The van der Waals surface area contributed by atoms with Crippen LogP contribution in [0, 0.1) is 0 Å². The summed E-state index contributed by atoms with van der Waals surface area (Å²) < 4.78 is 0. The largest absolute Gasteiger partial charge is 0.477 e. The zero-order chi connectivity index (χ0) is 15.0. The summed E-state index contributed by atoms with van der Waals surface area (Å²) in [5.41, 5.74) is -0.641. The summed E-state index contributed by atoms with van der Waals surface area (Å²) in [5, 5.41) is 14.5. The van der Waals surface area contributed by atoms with Gasteiger partial charge in [0, 0.05) is 6.42 Å². The molecule has 0 bridgehead atoms. The van der Waals surface area contributed by atoms with E-state index in [1.54, 1.807) is 0 Å². The molecule has 8 nitrogen and oxygen atoms in total. The van der Waals surface area contributed by atoms with Crippen molar-refractivity contribution in [2.24, 2.45) is 0 Å². The molecule has 1 unspecified atom stereocenters. The highest BCUT2D eigenvalue weighted by atomic mass is 16.4. The van der Waals surface area contributed by atoms with E-state index in [0.717, 1.165) is 6.42 Å². The summed E-state index contributed by atoms with van der Waals surface area (Å²) in [7, 11) is 0. The van der Waals surface area contributed by atoms with Gasteiger partial charge in [-0.15, -0.1) is 0 Å². The molecule has 4 N–H and O–H groups in total. The first-order valence-electron chi connectivity index (χ1n) is 6.90. The molecule has 1 aliphatic carbocycles. The molecule has 2 heterocycles. The SMILES string of the molecule is O=C1CCC(C(=O)NC2(c3ncc(C(=O)O)[nH]3)CCC2)N1. The molecule has 112 valence electrons. The van der Waals surface area contributed by atoms with Crippen LogP contribution in [-0.4, -0.2) is 38.9 Å². The van der Waals surface area contributed by atoms with E-state index in [0.29, 0.717) is 31.5 Å². The third-order valence-corrected chi connectivity index (χ3v) is 4.14. The Labute approximate surface area is 120 Å². The maximum Gasteiger partial charge on any atom is 0.353 e. The lowest BCUT2D eigenvalue weighted by atomic mass is 9.76. The Balaban J connectivity index is 1.75. The molecule has 1 aliphatic heterocycles. The van der Waals surface area contributed by atoms with Gasteiger partial charge in [0.25, 0.3) is 0 Å². The van der Waals surface area contributed by atoms with E-state index in [4.69, 9.17) is 5.11 Å². The number of hydrogen-bond donors (Lipinski definition) is 4. The molecule has 21 heavy (non-hydrogen) atoms. The molecule has 1 atom stereocenters. The van der Waals surface area contributed by atoms with Crippen molar-refractivity contribution in [2.75, 3.05) is 0 Å². The summed E-state index contributed by atoms with van der Waals surface area (Å²) in [5.74, 6) is -0.987. The van der Waals surface area contributed by atoms with Gasteiger partial charge in [0.15, 0.2) is 0 Å². The molecule has 1 saturated heterocycles. The van der Waals surface area contributed by atoms with Crippen LogP contribution >= 0.6 is 0 Å². The first-order chi connectivity index (χ1) is 10.00. The van der Waals surface area contributed by atoms with Gasteiger partial charge in [0.05, 0.1) is 11.7 Å². The fourth-order valence-electron chi connectivity index (χ4n) is 2.76. The van der Waals surface area contributed by atoms with E-state index >= 15 is 0 Å². The molecule has 1 saturated carbocycles. The predicted molar refractivity (Wildman–Crippen MR) is 70.4 cm³/mol. The van der Waals surface area contributed by atoms with Crippen LogP contribution in [0.3, 0.4) is 0 Å². The number of imidazole rings is 1. The van der Waals surface area contributed by atoms with Gasteiger partial charge in [-0.05, 0) is 25.7 Å². The summed E-state index contributed by atoms with van der Waals surface area (Å²) in [6.45, 7) is 0. The van der Waals surface area contributed by atoms with Crippen molar-refractivity contribution >= 4 is 17.8 Å². The van der Waals surface area contributed by atoms with E-state index in [9.17, 15) is 14.4 Å². The maximum absolute atomic E-state index is 12.2. The number of aromatic amines is 1. The van der Waals surface area contributed by atoms with Crippen LogP contribution in [0.4, 0.5) is 0 Å². The number of carboxylic acid groups (broad SMARTS) is 1. The normalized spacial score (nSPS) is 23.2. The molecule has 1 aromatic rings. The first kappa shape index (κ1) is 13.6. The van der Waals surface area contributed by atoms with Crippen LogP contribution in [0.1, 0.15) is 48.4 Å². The van der Waals surface area contributed by atoms with Crippen LogP contribution < -0.4 is 10.6 Å². The van der Waals surface area contributed by atoms with E-state index in [1.807, 2.05) is 0 Å². The second-order valence-electron chi connectivity index (χ2n) is 5.53. The van der Waals surface area contributed by atoms with Crippen molar-refractivity contribution in [2.45, 2.75) is 43.7 Å². The van der Waals surface area contributed by atoms with Gasteiger partial charge in [-0.2, -0.15) is 0 Å². The molecule has 3 rings (SSSR count). The predicted octanol–water partition coefficient (Wildman–Crippen LogP) is -0.118. The Kier molecular flexibility index (Phi) is 3.15. The topological polar surface area (TPSA) is 124 Å². The summed E-state index contributed by atoms with van der Waals surface area (Å²) in [6, 6.07) is -0.510. The van der Waals surface area contributed by atoms with E-state index in [2.05, 4.69) is 20.6 Å². The molecular formula is C13H16N4O4. The maximum atomic E-state index is 12.2. The number of carbonyl (C=O) groups excluding carboxylic acids is 2. The van der Waals surface area contributed by atoms with Gasteiger partial charge in [-0.1, -0.05) is 0 Å². The fraction of sp³-hybridized carbons (Fsp3) is 0.538. The average molecular weight is 292 g/mol. The van der Waals surface area contributed by atoms with Gasteiger partial charge in [0.1, 0.15) is 17.6 Å². The van der Waals surface area contributed by atoms with E-state index in [1.165, 1.54) is 6.20 Å². The van der Waals surface area contributed by atoms with Crippen LogP contribution in [0.25, 0.3) is 0 Å². The summed E-state index contributed by atoms with van der Waals surface area (Å²) in [6.07, 6.45) is 4.42. The molecule has 2 fully saturated rings. The van der Waals surface area contributed by atoms with Crippen molar-refractivity contribution < 1.29 is 19.5 Å². The van der Waals surface area contributed by atoms with Crippen LogP contribution in [0.15, 0.2) is 6.20 Å². The molecule has 0 radical (unpaired) electrons. The standard InChI is InChI=1S/C13H16N4O4/c18-9-3-2-7(15-9)10(19)17-13(4-1-5-13)12-14-6-8(16-12)11(20)21/h6-7H,1-5H2,(H,14,16)(H,15,18)(H,17,19)(H,20,21). The van der Waals surface area contributed by atoms with Gasteiger partial charge < -0.3 is 20.7 Å². The lowest BCUT2D eigenvalue weighted by molar-refractivity contribution is -0.128. The van der Waals surface area contributed by atoms with E-state index < -0.39 is 17.6 Å². The summed E-state index contributed by atoms with van der Waals surface area (Å²) >= 11 is 0. The zero-order valence-corrected chi connectivity index (χ0v) is 11.3. The Hall–Kier alpha value is -2.38. The molecule has 1 aromatic heterocycles. The molecule has 2 aliphatic rings. The number of hydrogen-bond acceptors (Lipinski definition) is 4. The highest BCUT2D eigenvalue weighted by Crippen LogP contribution is 2.40. The van der Waals surface area contributed by atoms with Crippen molar-refractivity contribution in [3.63, 3.8) is 0 Å². The van der Waals surface area contributed by atoms with Gasteiger partial charge in [0.2, 0.25) is 11.8 Å². The van der Waals surface area contributed by atoms with Crippen molar-refractivity contribution in [1.82, 2.24) is 20.6 Å². The highest BCUT2D eigenvalue weighted by Gasteiger charge is 2.44. The number of nitrogens with zero attached hydrogens (tertiary/aromatic N) is 1. The van der Waals surface area contributed by atoms with E-state index in [-0.39, 0.29) is 17.5 Å². The van der Waals surface area contributed by atoms with Crippen LogP contribution in [0.5, 0.6) is 0 Å². The van der Waals surface area contributed by atoms with Gasteiger partial charge in [-0.25, -0.2) is 9.78 Å². The Bertz CT molecular complexity index is 605. The number of amides is 2. The Morgan fingerprint density at radius 2 is 2.19 bits per heavy atom. The Morgan fingerprint density at radius 3 is 2.67 bits per heavy atom. The number of aromatic nitrogens is 2. The first-order valence-corrected chi connectivity index (χ1v) is 6.90. The smallest absolute Gasteiger partial charge is 0.353 e. The summed E-state index contributed by atoms with van der Waals surface area (Å²) in [4.78, 5) is 41.2. The number of nitrogens with one attached hydrogen (secondary N) is 3. The quantitative estimate of drug-likeness (QED) is 0.616. The van der Waals surface area contributed by atoms with Gasteiger partial charge in [-0.3, -0.25) is 9.59 Å². The highest BCUT2D eigenvalue weighted by molar-refractivity contribution is 5.91. The third kappa shape index (κ3) is 2.37. The lowest BCUT2D eigenvalue weighted by Gasteiger charge is -2.41.